The summed E-state index contributed by atoms with van der Waals surface area (Å²) in [5.74, 6) is 4.29. The summed E-state index contributed by atoms with van der Waals surface area (Å²) >= 11 is 8.30. The SMILES string of the molecule is Cc1noc(-c2ccc(CSCCC(C)C)cc2)c1OC(C)c1ccccc1Cl. The van der Waals surface area contributed by atoms with E-state index in [-0.39, 0.29) is 6.10 Å². The highest BCUT2D eigenvalue weighted by molar-refractivity contribution is 7.98. The zero-order chi connectivity index (χ0) is 20.8. The maximum Gasteiger partial charge on any atom is 0.209 e. The molecular formula is C24H28ClNO2S. The first kappa shape index (κ1) is 21.8. The molecule has 0 bridgehead atoms. The molecule has 0 aliphatic heterocycles. The van der Waals surface area contributed by atoms with Crippen LogP contribution in [0.4, 0.5) is 0 Å². The Morgan fingerprint density at radius 2 is 1.79 bits per heavy atom. The molecule has 154 valence electrons. The van der Waals surface area contributed by atoms with Crippen LogP contribution in [0.1, 0.15) is 50.1 Å². The van der Waals surface area contributed by atoms with Crippen LogP contribution in [0.3, 0.4) is 0 Å². The first-order chi connectivity index (χ1) is 14.0. The average Bonchev–Trinajstić information content (AvgIpc) is 3.06. The van der Waals surface area contributed by atoms with Gasteiger partial charge in [0.05, 0.1) is 0 Å². The molecule has 0 fully saturated rings. The Balaban J connectivity index is 1.71. The normalized spacial score (nSPS) is 12.3. The van der Waals surface area contributed by atoms with Crippen molar-refractivity contribution in [3.63, 3.8) is 0 Å². The van der Waals surface area contributed by atoms with Gasteiger partial charge < -0.3 is 9.26 Å². The van der Waals surface area contributed by atoms with Gasteiger partial charge >= 0.3 is 0 Å². The predicted molar refractivity (Wildman–Crippen MR) is 123 cm³/mol. The van der Waals surface area contributed by atoms with E-state index in [1.165, 1.54) is 17.7 Å². The molecule has 0 N–H and O–H groups in total. The second-order valence-corrected chi connectivity index (χ2v) is 9.15. The predicted octanol–water partition coefficient (Wildman–Crippen LogP) is 7.72. The molecule has 1 atom stereocenters. The molecule has 29 heavy (non-hydrogen) atoms. The standard InChI is InChI=1S/C24H28ClNO2S/c1-16(2)13-14-29-15-19-9-11-20(12-10-19)24-23(17(3)26-28-24)27-18(4)21-7-5-6-8-22(21)25/h5-12,16,18H,13-15H2,1-4H3. The van der Waals surface area contributed by atoms with Crippen LogP contribution in [0.25, 0.3) is 11.3 Å². The maximum absolute atomic E-state index is 6.32. The van der Waals surface area contributed by atoms with Crippen molar-refractivity contribution in [3.8, 4) is 17.1 Å². The molecule has 3 aromatic rings. The number of aryl methyl sites for hydroxylation is 1. The fourth-order valence-corrected chi connectivity index (χ4v) is 4.49. The van der Waals surface area contributed by atoms with E-state index < -0.39 is 0 Å². The summed E-state index contributed by atoms with van der Waals surface area (Å²) in [6, 6.07) is 16.2. The van der Waals surface area contributed by atoms with Crippen molar-refractivity contribution in [1.82, 2.24) is 5.16 Å². The lowest BCUT2D eigenvalue weighted by Gasteiger charge is -2.16. The summed E-state index contributed by atoms with van der Waals surface area (Å²) in [7, 11) is 0. The molecule has 0 aliphatic carbocycles. The Kier molecular flexibility index (Phi) is 7.68. The van der Waals surface area contributed by atoms with Gasteiger partial charge in [-0.3, -0.25) is 0 Å². The molecular weight excluding hydrogens is 402 g/mol. The number of benzene rings is 2. The second-order valence-electron chi connectivity index (χ2n) is 7.64. The van der Waals surface area contributed by atoms with Crippen molar-refractivity contribution in [3.05, 3.63) is 70.4 Å². The van der Waals surface area contributed by atoms with Gasteiger partial charge in [0.2, 0.25) is 5.76 Å². The highest BCUT2D eigenvalue weighted by atomic mass is 35.5. The summed E-state index contributed by atoms with van der Waals surface area (Å²) in [6.45, 7) is 8.40. The molecule has 2 aromatic carbocycles. The minimum atomic E-state index is -0.211. The van der Waals surface area contributed by atoms with Crippen LogP contribution < -0.4 is 4.74 Å². The van der Waals surface area contributed by atoms with Gasteiger partial charge in [0.25, 0.3) is 0 Å². The summed E-state index contributed by atoms with van der Waals surface area (Å²) in [5.41, 5.74) is 3.94. The lowest BCUT2D eigenvalue weighted by Crippen LogP contribution is -2.04. The van der Waals surface area contributed by atoms with Gasteiger partial charge in [-0.25, -0.2) is 0 Å². The van der Waals surface area contributed by atoms with Gasteiger partial charge in [-0.1, -0.05) is 73.1 Å². The van der Waals surface area contributed by atoms with Gasteiger partial charge in [0.15, 0.2) is 5.75 Å². The molecule has 0 spiro atoms. The molecule has 0 radical (unpaired) electrons. The highest BCUT2D eigenvalue weighted by Crippen LogP contribution is 2.37. The Hall–Kier alpha value is -1.91. The number of rotatable bonds is 9. The van der Waals surface area contributed by atoms with Crippen LogP contribution >= 0.6 is 23.4 Å². The number of hydrogen-bond acceptors (Lipinski definition) is 4. The van der Waals surface area contributed by atoms with Crippen LogP contribution in [0, 0.1) is 12.8 Å². The molecule has 1 aromatic heterocycles. The summed E-state index contributed by atoms with van der Waals surface area (Å²) in [5, 5.41) is 4.81. The quantitative estimate of drug-likeness (QED) is 0.326. The second kappa shape index (κ2) is 10.2. The van der Waals surface area contributed by atoms with E-state index in [0.717, 1.165) is 28.5 Å². The summed E-state index contributed by atoms with van der Waals surface area (Å²) in [4.78, 5) is 0. The zero-order valence-electron chi connectivity index (χ0n) is 17.4. The first-order valence-electron chi connectivity index (χ1n) is 10.00. The topological polar surface area (TPSA) is 35.3 Å². The highest BCUT2D eigenvalue weighted by Gasteiger charge is 2.20. The van der Waals surface area contributed by atoms with Crippen molar-refractivity contribution in [2.24, 2.45) is 5.92 Å². The van der Waals surface area contributed by atoms with E-state index >= 15 is 0 Å². The summed E-state index contributed by atoms with van der Waals surface area (Å²) < 4.78 is 11.8. The number of thioether (sulfide) groups is 1. The lowest BCUT2D eigenvalue weighted by atomic mass is 10.1. The third-order valence-electron chi connectivity index (χ3n) is 4.77. The van der Waals surface area contributed by atoms with Crippen molar-refractivity contribution in [1.29, 1.82) is 0 Å². The van der Waals surface area contributed by atoms with Gasteiger partial charge in [0, 0.05) is 21.9 Å². The minimum Gasteiger partial charge on any atom is -0.480 e. The van der Waals surface area contributed by atoms with Crippen LogP contribution in [0.2, 0.25) is 5.02 Å². The molecule has 3 rings (SSSR count). The Morgan fingerprint density at radius 3 is 2.48 bits per heavy atom. The smallest absolute Gasteiger partial charge is 0.209 e. The zero-order valence-corrected chi connectivity index (χ0v) is 19.0. The van der Waals surface area contributed by atoms with E-state index in [2.05, 4.69) is 43.3 Å². The molecule has 5 heteroatoms. The maximum atomic E-state index is 6.32. The van der Waals surface area contributed by atoms with Crippen molar-refractivity contribution >= 4 is 23.4 Å². The molecule has 1 unspecified atom stereocenters. The molecule has 0 amide bonds. The van der Waals surface area contributed by atoms with Gasteiger partial charge in [0.1, 0.15) is 11.8 Å². The fraction of sp³-hybridized carbons (Fsp3) is 0.375. The van der Waals surface area contributed by atoms with E-state index in [0.29, 0.717) is 16.5 Å². The van der Waals surface area contributed by atoms with Crippen LogP contribution in [-0.2, 0) is 5.75 Å². The van der Waals surface area contributed by atoms with Crippen LogP contribution in [-0.4, -0.2) is 10.9 Å². The Bertz CT molecular complexity index is 921. The fourth-order valence-electron chi connectivity index (χ4n) is 2.99. The number of hydrogen-bond donors (Lipinski definition) is 0. The van der Waals surface area contributed by atoms with Crippen molar-refractivity contribution in [2.75, 3.05) is 5.75 Å². The third kappa shape index (κ3) is 5.80. The average molecular weight is 430 g/mol. The molecule has 0 saturated heterocycles. The molecule has 0 aliphatic rings. The largest absolute Gasteiger partial charge is 0.480 e. The van der Waals surface area contributed by atoms with Gasteiger partial charge in [-0.2, -0.15) is 11.8 Å². The molecule has 1 heterocycles. The van der Waals surface area contributed by atoms with E-state index in [4.69, 9.17) is 20.9 Å². The number of halogens is 1. The Morgan fingerprint density at radius 1 is 1.07 bits per heavy atom. The van der Waals surface area contributed by atoms with Gasteiger partial charge in [-0.15, -0.1) is 0 Å². The third-order valence-corrected chi connectivity index (χ3v) is 6.18. The molecule has 0 saturated carbocycles. The van der Waals surface area contributed by atoms with Crippen LogP contribution in [0.5, 0.6) is 5.75 Å². The van der Waals surface area contributed by atoms with E-state index in [9.17, 15) is 0 Å². The lowest BCUT2D eigenvalue weighted by molar-refractivity contribution is 0.225. The van der Waals surface area contributed by atoms with Crippen molar-refractivity contribution in [2.45, 2.75) is 46.0 Å². The van der Waals surface area contributed by atoms with Crippen molar-refractivity contribution < 1.29 is 9.26 Å². The number of nitrogens with zero attached hydrogens (tertiary/aromatic N) is 1. The minimum absolute atomic E-state index is 0.211. The molecule has 3 nitrogen and oxygen atoms in total. The van der Waals surface area contributed by atoms with E-state index in [1.54, 1.807) is 0 Å². The number of ether oxygens (including phenoxy) is 1. The van der Waals surface area contributed by atoms with Crippen LogP contribution in [0.15, 0.2) is 53.1 Å². The Labute approximate surface area is 182 Å². The number of aromatic nitrogens is 1. The monoisotopic (exact) mass is 429 g/mol. The van der Waals surface area contributed by atoms with Gasteiger partial charge in [-0.05, 0) is 43.6 Å². The summed E-state index contributed by atoms with van der Waals surface area (Å²) in [6.07, 6.45) is 1.04. The first-order valence-corrected chi connectivity index (χ1v) is 11.5. The van der Waals surface area contributed by atoms with E-state index in [1.807, 2.05) is 49.9 Å².